The van der Waals surface area contributed by atoms with Gasteiger partial charge in [-0.25, -0.2) is 10.3 Å². The predicted molar refractivity (Wildman–Crippen MR) is 88.4 cm³/mol. The van der Waals surface area contributed by atoms with Gasteiger partial charge in [-0.2, -0.15) is 0 Å². The zero-order valence-corrected chi connectivity index (χ0v) is 13.3. The fourth-order valence-electron chi connectivity index (χ4n) is 2.59. The zero-order valence-electron chi connectivity index (χ0n) is 13.3. The van der Waals surface area contributed by atoms with Crippen LogP contribution in [-0.2, 0) is 16.1 Å². The summed E-state index contributed by atoms with van der Waals surface area (Å²) in [6.45, 7) is 1.03. The first-order chi connectivity index (χ1) is 11.7. The first kappa shape index (κ1) is 16.4. The Morgan fingerprint density at radius 3 is 2.79 bits per heavy atom. The summed E-state index contributed by atoms with van der Waals surface area (Å²) in [5, 5.41) is 0. The van der Waals surface area contributed by atoms with E-state index in [9.17, 15) is 9.59 Å². The molecule has 1 N–H and O–H groups in total. The van der Waals surface area contributed by atoms with Crippen LogP contribution in [0.4, 0.5) is 0 Å². The Kier molecular flexibility index (Phi) is 5.40. The molecule has 1 aliphatic heterocycles. The third kappa shape index (κ3) is 4.10. The Balaban J connectivity index is 1.68. The molecule has 24 heavy (non-hydrogen) atoms. The van der Waals surface area contributed by atoms with Crippen LogP contribution in [0.25, 0.3) is 0 Å². The van der Waals surface area contributed by atoms with E-state index in [4.69, 9.17) is 9.57 Å². The van der Waals surface area contributed by atoms with E-state index in [2.05, 4.69) is 5.48 Å². The number of benzene rings is 1. The standard InChI is InChI=1S/C18H20N2O4/c21-17(19-24-16-10-4-5-12-23-16)15-9-6-11-20(18(15)22)13-14-7-2-1-3-8-14/h1-3,6-9,11,16H,4-5,10,12-13H2,(H,19,21). The van der Waals surface area contributed by atoms with E-state index in [-0.39, 0.29) is 11.1 Å². The minimum atomic E-state index is -0.559. The number of aromatic nitrogens is 1. The van der Waals surface area contributed by atoms with E-state index in [1.807, 2.05) is 30.3 Å². The van der Waals surface area contributed by atoms with Gasteiger partial charge in [-0.15, -0.1) is 0 Å². The Hall–Kier alpha value is -2.44. The molecule has 1 amide bonds. The highest BCUT2D eigenvalue weighted by Crippen LogP contribution is 2.12. The molecule has 1 unspecified atom stereocenters. The summed E-state index contributed by atoms with van der Waals surface area (Å²) in [6.07, 6.45) is 3.94. The highest BCUT2D eigenvalue weighted by Gasteiger charge is 2.18. The Labute approximate surface area is 140 Å². The topological polar surface area (TPSA) is 69.6 Å². The van der Waals surface area contributed by atoms with Crippen molar-refractivity contribution in [3.05, 3.63) is 70.1 Å². The molecule has 6 nitrogen and oxygen atoms in total. The van der Waals surface area contributed by atoms with Crippen LogP contribution in [0.5, 0.6) is 0 Å². The smallest absolute Gasteiger partial charge is 0.280 e. The average Bonchev–Trinajstić information content (AvgIpc) is 2.63. The fourth-order valence-corrected chi connectivity index (χ4v) is 2.59. The lowest BCUT2D eigenvalue weighted by Gasteiger charge is -2.22. The molecular formula is C18H20N2O4. The minimum Gasteiger partial charge on any atom is -0.350 e. The van der Waals surface area contributed by atoms with Gasteiger partial charge in [0.2, 0.25) is 0 Å². The van der Waals surface area contributed by atoms with Gasteiger partial charge in [-0.3, -0.25) is 9.59 Å². The summed E-state index contributed by atoms with van der Waals surface area (Å²) in [5.41, 5.74) is 3.00. The number of pyridine rings is 1. The SMILES string of the molecule is O=C(NOC1CCCCO1)c1cccn(Cc2ccccc2)c1=O. The molecule has 6 heteroatoms. The van der Waals surface area contributed by atoms with Crippen LogP contribution in [0, 0.1) is 0 Å². The van der Waals surface area contributed by atoms with Crippen molar-refractivity contribution in [3.8, 4) is 0 Å². The van der Waals surface area contributed by atoms with Crippen LogP contribution >= 0.6 is 0 Å². The fraction of sp³-hybridized carbons (Fsp3) is 0.333. The van der Waals surface area contributed by atoms with Crippen LogP contribution in [0.15, 0.2) is 53.5 Å². The zero-order chi connectivity index (χ0) is 16.8. The lowest BCUT2D eigenvalue weighted by Crippen LogP contribution is -2.37. The number of carbonyl (C=O) groups is 1. The quantitative estimate of drug-likeness (QED) is 0.853. The largest absolute Gasteiger partial charge is 0.350 e. The van der Waals surface area contributed by atoms with E-state index in [1.54, 1.807) is 12.3 Å². The molecule has 0 spiro atoms. The maximum Gasteiger partial charge on any atom is 0.280 e. The number of rotatable bonds is 5. The van der Waals surface area contributed by atoms with Gasteiger partial charge in [0, 0.05) is 19.2 Å². The lowest BCUT2D eigenvalue weighted by molar-refractivity contribution is -0.186. The van der Waals surface area contributed by atoms with Crippen molar-refractivity contribution in [1.82, 2.24) is 10.0 Å². The van der Waals surface area contributed by atoms with Gasteiger partial charge in [0.1, 0.15) is 5.56 Å². The van der Waals surface area contributed by atoms with Gasteiger partial charge in [0.05, 0.1) is 6.54 Å². The number of carbonyl (C=O) groups excluding carboxylic acids is 1. The molecule has 0 bridgehead atoms. The van der Waals surface area contributed by atoms with Gasteiger partial charge in [-0.1, -0.05) is 30.3 Å². The molecule has 1 aromatic carbocycles. The summed E-state index contributed by atoms with van der Waals surface area (Å²) in [7, 11) is 0. The third-order valence-electron chi connectivity index (χ3n) is 3.88. The third-order valence-corrected chi connectivity index (χ3v) is 3.88. The van der Waals surface area contributed by atoms with E-state index >= 15 is 0 Å². The summed E-state index contributed by atoms with van der Waals surface area (Å²) >= 11 is 0. The van der Waals surface area contributed by atoms with Crippen LogP contribution in [-0.4, -0.2) is 23.4 Å². The highest BCUT2D eigenvalue weighted by molar-refractivity contribution is 5.93. The predicted octanol–water partition coefficient (Wildman–Crippen LogP) is 2.08. The van der Waals surface area contributed by atoms with Gasteiger partial charge in [-0.05, 0) is 30.5 Å². The van der Waals surface area contributed by atoms with Gasteiger partial charge in [0.25, 0.3) is 11.5 Å². The van der Waals surface area contributed by atoms with Crippen molar-refractivity contribution in [2.45, 2.75) is 32.1 Å². The van der Waals surface area contributed by atoms with E-state index < -0.39 is 12.2 Å². The minimum absolute atomic E-state index is 0.0456. The number of nitrogens with zero attached hydrogens (tertiary/aromatic N) is 1. The number of hydroxylamine groups is 1. The summed E-state index contributed by atoms with van der Waals surface area (Å²) in [5.74, 6) is -0.559. The van der Waals surface area contributed by atoms with Crippen LogP contribution in [0.2, 0.25) is 0 Å². The molecule has 1 aliphatic rings. The van der Waals surface area contributed by atoms with Gasteiger partial charge >= 0.3 is 0 Å². The molecule has 126 valence electrons. The van der Waals surface area contributed by atoms with E-state index in [0.29, 0.717) is 13.2 Å². The van der Waals surface area contributed by atoms with Crippen molar-refractivity contribution >= 4 is 5.91 Å². The number of hydrogen-bond donors (Lipinski definition) is 1. The van der Waals surface area contributed by atoms with E-state index in [0.717, 1.165) is 24.8 Å². The maximum absolute atomic E-state index is 12.5. The monoisotopic (exact) mass is 328 g/mol. The molecule has 1 fully saturated rings. The Morgan fingerprint density at radius 1 is 1.21 bits per heavy atom. The molecule has 1 aromatic heterocycles. The van der Waals surface area contributed by atoms with Crippen LogP contribution in [0.1, 0.15) is 35.2 Å². The van der Waals surface area contributed by atoms with Crippen LogP contribution < -0.4 is 11.0 Å². The first-order valence-electron chi connectivity index (χ1n) is 8.05. The molecule has 0 radical (unpaired) electrons. The highest BCUT2D eigenvalue weighted by atomic mass is 16.8. The van der Waals surface area contributed by atoms with Crippen molar-refractivity contribution in [2.75, 3.05) is 6.61 Å². The van der Waals surface area contributed by atoms with Crippen molar-refractivity contribution < 1.29 is 14.4 Å². The summed E-state index contributed by atoms with van der Waals surface area (Å²) < 4.78 is 6.88. The lowest BCUT2D eigenvalue weighted by atomic mass is 10.2. The first-order valence-corrected chi connectivity index (χ1v) is 8.05. The maximum atomic E-state index is 12.5. The van der Waals surface area contributed by atoms with Crippen LogP contribution in [0.3, 0.4) is 0 Å². The van der Waals surface area contributed by atoms with E-state index in [1.165, 1.54) is 10.6 Å². The number of ether oxygens (including phenoxy) is 1. The van der Waals surface area contributed by atoms with Crippen molar-refractivity contribution in [2.24, 2.45) is 0 Å². The van der Waals surface area contributed by atoms with Crippen molar-refractivity contribution in [1.29, 1.82) is 0 Å². The number of hydrogen-bond acceptors (Lipinski definition) is 4. The molecule has 0 aliphatic carbocycles. The second-order valence-corrected chi connectivity index (χ2v) is 5.69. The molecule has 2 heterocycles. The normalized spacial score (nSPS) is 17.4. The molecule has 1 atom stereocenters. The molecule has 2 aromatic rings. The number of nitrogens with one attached hydrogen (secondary N) is 1. The summed E-state index contributed by atoms with van der Waals surface area (Å²) in [6, 6.07) is 12.8. The number of amides is 1. The second-order valence-electron chi connectivity index (χ2n) is 5.69. The average molecular weight is 328 g/mol. The molecular weight excluding hydrogens is 308 g/mol. The van der Waals surface area contributed by atoms with Gasteiger partial charge in [0.15, 0.2) is 6.29 Å². The molecule has 3 rings (SSSR count). The summed E-state index contributed by atoms with van der Waals surface area (Å²) in [4.78, 5) is 29.9. The van der Waals surface area contributed by atoms with Crippen molar-refractivity contribution in [3.63, 3.8) is 0 Å². The van der Waals surface area contributed by atoms with Gasteiger partial charge < -0.3 is 9.30 Å². The second kappa shape index (κ2) is 7.90. The Bertz CT molecular complexity index is 736. The Morgan fingerprint density at radius 2 is 2.04 bits per heavy atom. The molecule has 1 saturated heterocycles. The molecule has 0 saturated carbocycles.